The number of fused-ring (bicyclic) bond motifs is 5. The highest BCUT2D eigenvalue weighted by atomic mass is 16.3. The maximum atomic E-state index is 12.3. The summed E-state index contributed by atoms with van der Waals surface area (Å²) in [4.78, 5) is 24.2. The van der Waals surface area contributed by atoms with Crippen LogP contribution in [-0.2, 0) is 9.59 Å². The molecule has 0 aromatic rings. The Hall–Kier alpha value is -1.00. The number of aliphatic hydroxyl groups excluding tert-OH is 1. The van der Waals surface area contributed by atoms with Crippen LogP contribution in [0.4, 0.5) is 0 Å². The van der Waals surface area contributed by atoms with Crippen molar-refractivity contribution in [1.82, 2.24) is 0 Å². The van der Waals surface area contributed by atoms with Crippen molar-refractivity contribution < 1.29 is 19.8 Å². The zero-order valence-electron chi connectivity index (χ0n) is 15.4. The standard InChI is InChI=1S/C21H30O4/c1-19-8-5-14(23)11-13(19)3-4-15-16(19)6-9-20(2)17(15)7-10-21(20,25)18(24)12-22/h11,15-17,22,25H,3-10,12H2,1-2H3/t15-,16-,17+,19-,20+,21-/m0/s1. The number of carbonyl (C=O) groups excluding carboxylic acids is 2. The van der Waals surface area contributed by atoms with E-state index in [1.807, 2.05) is 6.08 Å². The van der Waals surface area contributed by atoms with E-state index in [0.29, 0.717) is 30.6 Å². The van der Waals surface area contributed by atoms with E-state index >= 15 is 0 Å². The normalized spacial score (nSPS) is 49.0. The second-order valence-corrected chi connectivity index (χ2v) is 9.41. The molecule has 0 aliphatic heterocycles. The van der Waals surface area contributed by atoms with Gasteiger partial charge in [0.2, 0.25) is 0 Å². The Bertz CT molecular complexity index is 652. The van der Waals surface area contributed by atoms with Gasteiger partial charge in [0, 0.05) is 11.8 Å². The molecule has 0 unspecified atom stereocenters. The summed E-state index contributed by atoms with van der Waals surface area (Å²) in [6.07, 6.45) is 8.72. The highest BCUT2D eigenvalue weighted by Gasteiger charge is 2.65. The van der Waals surface area contributed by atoms with Crippen LogP contribution in [-0.4, -0.2) is 34.0 Å². The average Bonchev–Trinajstić information content (AvgIpc) is 2.87. The molecule has 4 heteroatoms. The van der Waals surface area contributed by atoms with Crippen LogP contribution in [0.1, 0.15) is 65.2 Å². The molecule has 0 heterocycles. The minimum Gasteiger partial charge on any atom is -0.388 e. The van der Waals surface area contributed by atoms with E-state index in [0.717, 1.165) is 38.5 Å². The number of aliphatic hydroxyl groups is 2. The van der Waals surface area contributed by atoms with Crippen molar-refractivity contribution in [3.63, 3.8) is 0 Å². The number of Topliss-reactive ketones (excluding diaryl/α,β-unsaturated/α-hetero) is 1. The smallest absolute Gasteiger partial charge is 0.190 e. The molecule has 4 nitrogen and oxygen atoms in total. The van der Waals surface area contributed by atoms with E-state index in [-0.39, 0.29) is 11.2 Å². The summed E-state index contributed by atoms with van der Waals surface area (Å²) in [6.45, 7) is 3.84. The van der Waals surface area contributed by atoms with E-state index < -0.39 is 23.4 Å². The molecule has 0 aromatic heterocycles. The SMILES string of the molecule is C[C@]12CCC(=O)C=C1CC[C@@H]1[C@H]3CC[C@](O)(C(=O)CO)[C@]3(C)CC[C@@H]12. The average molecular weight is 346 g/mol. The lowest BCUT2D eigenvalue weighted by molar-refractivity contribution is -0.164. The first kappa shape index (κ1) is 17.4. The number of hydrogen-bond donors (Lipinski definition) is 2. The van der Waals surface area contributed by atoms with Gasteiger partial charge in [-0.1, -0.05) is 19.4 Å². The van der Waals surface area contributed by atoms with Gasteiger partial charge in [0.1, 0.15) is 12.2 Å². The maximum Gasteiger partial charge on any atom is 0.190 e. The maximum absolute atomic E-state index is 12.3. The van der Waals surface area contributed by atoms with Crippen LogP contribution in [0.3, 0.4) is 0 Å². The molecule has 0 spiro atoms. The first-order valence-corrected chi connectivity index (χ1v) is 9.87. The highest BCUT2D eigenvalue weighted by molar-refractivity contribution is 5.91. The van der Waals surface area contributed by atoms with Gasteiger partial charge in [0.05, 0.1) is 0 Å². The van der Waals surface area contributed by atoms with E-state index in [2.05, 4.69) is 13.8 Å². The van der Waals surface area contributed by atoms with Gasteiger partial charge in [-0.2, -0.15) is 0 Å². The summed E-state index contributed by atoms with van der Waals surface area (Å²) < 4.78 is 0. The summed E-state index contributed by atoms with van der Waals surface area (Å²) in [7, 11) is 0. The fourth-order valence-corrected chi connectivity index (χ4v) is 7.16. The largest absolute Gasteiger partial charge is 0.388 e. The molecule has 0 amide bonds. The summed E-state index contributed by atoms with van der Waals surface area (Å²) in [6, 6.07) is 0. The Morgan fingerprint density at radius 1 is 1.12 bits per heavy atom. The predicted octanol–water partition coefficient (Wildman–Crippen LogP) is 2.81. The van der Waals surface area contributed by atoms with Gasteiger partial charge in [-0.15, -0.1) is 0 Å². The quantitative estimate of drug-likeness (QED) is 0.806. The number of ketones is 2. The van der Waals surface area contributed by atoms with Gasteiger partial charge in [-0.3, -0.25) is 9.59 Å². The molecule has 2 N–H and O–H groups in total. The summed E-state index contributed by atoms with van der Waals surface area (Å²) in [5.74, 6) is 1.26. The monoisotopic (exact) mass is 346 g/mol. The van der Waals surface area contributed by atoms with E-state index in [4.69, 9.17) is 0 Å². The van der Waals surface area contributed by atoms with Crippen LogP contribution < -0.4 is 0 Å². The summed E-state index contributed by atoms with van der Waals surface area (Å²) in [5, 5.41) is 20.5. The molecule has 4 rings (SSSR count). The molecular formula is C21H30O4. The van der Waals surface area contributed by atoms with Gasteiger partial charge < -0.3 is 10.2 Å². The Labute approximate surface area is 149 Å². The van der Waals surface area contributed by atoms with Crippen LogP contribution in [0.25, 0.3) is 0 Å². The van der Waals surface area contributed by atoms with Crippen LogP contribution >= 0.6 is 0 Å². The number of rotatable bonds is 2. The fourth-order valence-electron chi connectivity index (χ4n) is 7.16. The van der Waals surface area contributed by atoms with Crippen molar-refractivity contribution >= 4 is 11.6 Å². The molecule has 3 fully saturated rings. The van der Waals surface area contributed by atoms with E-state index in [9.17, 15) is 19.8 Å². The van der Waals surface area contributed by atoms with Crippen LogP contribution in [0.2, 0.25) is 0 Å². The molecular weight excluding hydrogens is 316 g/mol. The molecule has 6 atom stereocenters. The molecule has 3 saturated carbocycles. The lowest BCUT2D eigenvalue weighted by atomic mass is 9.46. The first-order chi connectivity index (χ1) is 11.8. The number of allylic oxidation sites excluding steroid dienone is 1. The van der Waals surface area contributed by atoms with Crippen LogP contribution in [0, 0.1) is 28.6 Å². The van der Waals surface area contributed by atoms with Crippen LogP contribution in [0.15, 0.2) is 11.6 Å². The Morgan fingerprint density at radius 2 is 1.84 bits per heavy atom. The van der Waals surface area contributed by atoms with Crippen molar-refractivity contribution in [2.24, 2.45) is 28.6 Å². The third-order valence-electron chi connectivity index (χ3n) is 8.72. The molecule has 138 valence electrons. The summed E-state index contributed by atoms with van der Waals surface area (Å²) >= 11 is 0. The third-order valence-corrected chi connectivity index (χ3v) is 8.72. The lowest BCUT2D eigenvalue weighted by Gasteiger charge is -2.58. The van der Waals surface area contributed by atoms with Crippen molar-refractivity contribution in [2.75, 3.05) is 6.61 Å². The summed E-state index contributed by atoms with van der Waals surface area (Å²) in [5.41, 5.74) is -0.333. The van der Waals surface area contributed by atoms with Gasteiger partial charge >= 0.3 is 0 Å². The minimum atomic E-state index is -1.36. The fraction of sp³-hybridized carbons (Fsp3) is 0.810. The molecule has 0 saturated heterocycles. The van der Waals surface area contributed by atoms with Crippen molar-refractivity contribution in [1.29, 1.82) is 0 Å². The van der Waals surface area contributed by atoms with E-state index in [1.54, 1.807) is 0 Å². The third kappa shape index (κ3) is 2.13. The lowest BCUT2D eigenvalue weighted by Crippen LogP contribution is -2.58. The topological polar surface area (TPSA) is 74.6 Å². The highest BCUT2D eigenvalue weighted by Crippen LogP contribution is 2.67. The Morgan fingerprint density at radius 3 is 2.56 bits per heavy atom. The molecule has 4 aliphatic rings. The molecule has 25 heavy (non-hydrogen) atoms. The minimum absolute atomic E-state index is 0.111. The number of carbonyl (C=O) groups is 2. The molecule has 0 bridgehead atoms. The molecule has 0 aromatic carbocycles. The predicted molar refractivity (Wildman–Crippen MR) is 93.8 cm³/mol. The van der Waals surface area contributed by atoms with Gasteiger partial charge in [-0.25, -0.2) is 0 Å². The van der Waals surface area contributed by atoms with Gasteiger partial charge in [0.15, 0.2) is 11.6 Å². The van der Waals surface area contributed by atoms with Crippen molar-refractivity contribution in [2.45, 2.75) is 70.8 Å². The zero-order chi connectivity index (χ0) is 18.0. The zero-order valence-corrected chi connectivity index (χ0v) is 15.4. The molecule has 4 aliphatic carbocycles. The Balaban J connectivity index is 1.68. The Kier molecular flexibility index (Phi) is 3.83. The number of hydrogen-bond acceptors (Lipinski definition) is 4. The van der Waals surface area contributed by atoms with Gasteiger partial charge in [0.25, 0.3) is 0 Å². The second kappa shape index (κ2) is 5.50. The first-order valence-electron chi connectivity index (χ1n) is 9.87. The van der Waals surface area contributed by atoms with Gasteiger partial charge in [-0.05, 0) is 74.2 Å². The van der Waals surface area contributed by atoms with Crippen molar-refractivity contribution in [3.8, 4) is 0 Å². The van der Waals surface area contributed by atoms with Crippen LogP contribution in [0.5, 0.6) is 0 Å². The van der Waals surface area contributed by atoms with E-state index in [1.165, 1.54) is 5.57 Å². The second-order valence-electron chi connectivity index (χ2n) is 9.41. The van der Waals surface area contributed by atoms with Crippen molar-refractivity contribution in [3.05, 3.63) is 11.6 Å². The molecule has 0 radical (unpaired) electrons.